The Kier molecular flexibility index (Phi) is 4.93. The standard InChI is InChI=1S/C17H15N3O6S/c21-17(18-22)8-2-12-1-7-16-13(11-12)9-10-19(16)27(25,26)15-5-3-14(4-6-15)20(23)24/h1-8,11,22H,9-10H2,(H,18,21)/b8-2+. The number of hydroxylamine groups is 1. The van der Waals surface area contributed by atoms with Gasteiger partial charge in [0.25, 0.3) is 21.6 Å². The molecule has 1 amide bonds. The van der Waals surface area contributed by atoms with Crippen LogP contribution in [0.2, 0.25) is 0 Å². The van der Waals surface area contributed by atoms with Gasteiger partial charge in [0.05, 0.1) is 15.5 Å². The van der Waals surface area contributed by atoms with Crippen molar-refractivity contribution in [2.45, 2.75) is 11.3 Å². The monoisotopic (exact) mass is 389 g/mol. The van der Waals surface area contributed by atoms with Crippen LogP contribution in [-0.2, 0) is 21.2 Å². The molecule has 0 bridgehead atoms. The highest BCUT2D eigenvalue weighted by Gasteiger charge is 2.31. The van der Waals surface area contributed by atoms with E-state index in [1.54, 1.807) is 18.2 Å². The molecule has 2 aromatic rings. The van der Waals surface area contributed by atoms with E-state index in [9.17, 15) is 23.3 Å². The first-order valence-corrected chi connectivity index (χ1v) is 9.29. The zero-order valence-electron chi connectivity index (χ0n) is 13.9. The van der Waals surface area contributed by atoms with Gasteiger partial charge in [0.1, 0.15) is 0 Å². The van der Waals surface area contributed by atoms with Crippen LogP contribution in [0.1, 0.15) is 11.1 Å². The molecule has 1 aliphatic heterocycles. The summed E-state index contributed by atoms with van der Waals surface area (Å²) in [5.41, 5.74) is 3.32. The van der Waals surface area contributed by atoms with Crippen molar-refractivity contribution in [3.8, 4) is 0 Å². The number of fused-ring (bicyclic) bond motifs is 1. The number of amides is 1. The van der Waals surface area contributed by atoms with Gasteiger partial charge < -0.3 is 0 Å². The van der Waals surface area contributed by atoms with Gasteiger partial charge in [0.2, 0.25) is 0 Å². The molecule has 2 aromatic carbocycles. The summed E-state index contributed by atoms with van der Waals surface area (Å²) < 4.78 is 27.0. The van der Waals surface area contributed by atoms with Crippen molar-refractivity contribution in [2.75, 3.05) is 10.8 Å². The summed E-state index contributed by atoms with van der Waals surface area (Å²) in [5.74, 6) is -0.669. The average molecular weight is 389 g/mol. The summed E-state index contributed by atoms with van der Waals surface area (Å²) in [6, 6.07) is 9.81. The highest BCUT2D eigenvalue weighted by Crippen LogP contribution is 2.34. The van der Waals surface area contributed by atoms with Gasteiger partial charge in [-0.25, -0.2) is 13.9 Å². The normalized spacial score (nSPS) is 13.6. The minimum absolute atomic E-state index is 0.0236. The molecule has 27 heavy (non-hydrogen) atoms. The van der Waals surface area contributed by atoms with Crippen LogP contribution in [0.5, 0.6) is 0 Å². The topological polar surface area (TPSA) is 130 Å². The van der Waals surface area contributed by atoms with Gasteiger partial charge in [0, 0.05) is 24.8 Å². The molecule has 2 N–H and O–H groups in total. The molecule has 1 heterocycles. The lowest BCUT2D eigenvalue weighted by Crippen LogP contribution is -2.29. The first kappa shape index (κ1) is 18.5. The van der Waals surface area contributed by atoms with E-state index in [2.05, 4.69) is 0 Å². The Balaban J connectivity index is 1.89. The summed E-state index contributed by atoms with van der Waals surface area (Å²) >= 11 is 0. The Labute approximate surface area is 154 Å². The van der Waals surface area contributed by atoms with Crippen LogP contribution in [0.15, 0.2) is 53.4 Å². The molecule has 0 atom stereocenters. The van der Waals surface area contributed by atoms with E-state index in [0.717, 1.165) is 23.8 Å². The number of hydrogen-bond donors (Lipinski definition) is 2. The van der Waals surface area contributed by atoms with E-state index in [1.807, 2.05) is 0 Å². The maximum absolute atomic E-state index is 12.9. The fourth-order valence-electron chi connectivity index (χ4n) is 2.82. The minimum Gasteiger partial charge on any atom is -0.288 e. The van der Waals surface area contributed by atoms with E-state index >= 15 is 0 Å². The summed E-state index contributed by atoms with van der Waals surface area (Å²) in [7, 11) is -3.84. The molecule has 0 saturated carbocycles. The molecule has 3 rings (SSSR count). The zero-order chi connectivity index (χ0) is 19.6. The van der Waals surface area contributed by atoms with Crippen molar-refractivity contribution < 1.29 is 23.3 Å². The maximum atomic E-state index is 12.9. The van der Waals surface area contributed by atoms with Crippen LogP contribution in [-0.4, -0.2) is 31.0 Å². The van der Waals surface area contributed by atoms with Crippen LogP contribution in [0.3, 0.4) is 0 Å². The lowest BCUT2D eigenvalue weighted by Gasteiger charge is -2.19. The van der Waals surface area contributed by atoms with E-state index in [-0.39, 0.29) is 17.1 Å². The number of anilines is 1. The summed E-state index contributed by atoms with van der Waals surface area (Å²) in [5, 5.41) is 19.2. The molecule has 0 aromatic heterocycles. The van der Waals surface area contributed by atoms with E-state index in [1.165, 1.54) is 28.0 Å². The van der Waals surface area contributed by atoms with Gasteiger partial charge in [-0.2, -0.15) is 0 Å². The number of rotatable bonds is 5. The van der Waals surface area contributed by atoms with Gasteiger partial charge in [-0.05, 0) is 47.9 Å². The molecule has 0 spiro atoms. The Hall–Kier alpha value is -3.24. The second-order valence-electron chi connectivity index (χ2n) is 5.78. The van der Waals surface area contributed by atoms with E-state index in [0.29, 0.717) is 17.7 Å². The van der Waals surface area contributed by atoms with Crippen LogP contribution in [0.25, 0.3) is 6.08 Å². The van der Waals surface area contributed by atoms with Crippen molar-refractivity contribution >= 4 is 33.4 Å². The summed E-state index contributed by atoms with van der Waals surface area (Å²) in [4.78, 5) is 21.2. The van der Waals surface area contributed by atoms with Crippen molar-refractivity contribution in [3.05, 3.63) is 69.8 Å². The Bertz CT molecular complexity index is 1030. The number of nitro benzene ring substituents is 1. The number of nitro groups is 1. The molecule has 0 aliphatic carbocycles. The van der Waals surface area contributed by atoms with Crippen LogP contribution in [0, 0.1) is 10.1 Å². The largest absolute Gasteiger partial charge is 0.288 e. The number of carbonyl (C=O) groups excluding carboxylic acids is 1. The number of benzene rings is 2. The molecule has 0 saturated heterocycles. The molecule has 140 valence electrons. The van der Waals surface area contributed by atoms with E-state index in [4.69, 9.17) is 5.21 Å². The quantitative estimate of drug-likeness (QED) is 0.347. The summed E-state index contributed by atoms with van der Waals surface area (Å²) in [6.45, 7) is 0.249. The van der Waals surface area contributed by atoms with Crippen molar-refractivity contribution in [1.82, 2.24) is 5.48 Å². The molecule has 0 fully saturated rings. The number of hydrogen-bond acceptors (Lipinski definition) is 6. The highest BCUT2D eigenvalue weighted by molar-refractivity contribution is 7.92. The lowest BCUT2D eigenvalue weighted by molar-refractivity contribution is -0.384. The van der Waals surface area contributed by atoms with Gasteiger partial charge >= 0.3 is 0 Å². The predicted octanol–water partition coefficient (Wildman–Crippen LogP) is 1.86. The van der Waals surface area contributed by atoms with E-state index < -0.39 is 20.9 Å². The fourth-order valence-corrected chi connectivity index (χ4v) is 4.32. The molecule has 0 unspecified atom stereocenters. The third kappa shape index (κ3) is 3.66. The van der Waals surface area contributed by atoms with Crippen molar-refractivity contribution in [2.24, 2.45) is 0 Å². The van der Waals surface area contributed by atoms with Crippen LogP contribution in [0.4, 0.5) is 11.4 Å². The fraction of sp³-hybridized carbons (Fsp3) is 0.118. The molecule has 9 nitrogen and oxygen atoms in total. The second kappa shape index (κ2) is 7.17. The first-order chi connectivity index (χ1) is 12.8. The zero-order valence-corrected chi connectivity index (χ0v) is 14.7. The van der Waals surface area contributed by atoms with Crippen LogP contribution >= 0.6 is 0 Å². The molecule has 0 radical (unpaired) electrons. The smallest absolute Gasteiger partial charge is 0.269 e. The SMILES string of the molecule is O=C(/C=C/c1ccc2c(c1)CCN2S(=O)(=O)c1ccc([N+](=O)[O-])cc1)NO. The number of carbonyl (C=O) groups is 1. The molecular weight excluding hydrogens is 374 g/mol. The Morgan fingerprint density at radius 2 is 1.93 bits per heavy atom. The average Bonchev–Trinajstić information content (AvgIpc) is 3.10. The third-order valence-electron chi connectivity index (χ3n) is 4.13. The number of nitrogens with zero attached hydrogens (tertiary/aromatic N) is 2. The van der Waals surface area contributed by atoms with Crippen LogP contribution < -0.4 is 9.79 Å². The Morgan fingerprint density at radius 3 is 2.56 bits per heavy atom. The predicted molar refractivity (Wildman–Crippen MR) is 96.7 cm³/mol. The number of sulfonamides is 1. The first-order valence-electron chi connectivity index (χ1n) is 7.85. The number of nitrogens with one attached hydrogen (secondary N) is 1. The second-order valence-corrected chi connectivity index (χ2v) is 7.64. The third-order valence-corrected chi connectivity index (χ3v) is 5.96. The molecular formula is C17H15N3O6S. The van der Waals surface area contributed by atoms with Gasteiger partial charge in [-0.1, -0.05) is 6.07 Å². The van der Waals surface area contributed by atoms with Crippen molar-refractivity contribution in [3.63, 3.8) is 0 Å². The molecule has 1 aliphatic rings. The summed E-state index contributed by atoms with van der Waals surface area (Å²) in [6.07, 6.45) is 3.15. The molecule has 10 heteroatoms. The van der Waals surface area contributed by atoms with Gasteiger partial charge in [0.15, 0.2) is 0 Å². The van der Waals surface area contributed by atoms with Gasteiger partial charge in [-0.3, -0.25) is 24.4 Å². The van der Waals surface area contributed by atoms with Crippen molar-refractivity contribution in [1.29, 1.82) is 0 Å². The maximum Gasteiger partial charge on any atom is 0.269 e. The number of non-ortho nitro benzene ring substituents is 1. The minimum atomic E-state index is -3.84. The Morgan fingerprint density at radius 1 is 1.22 bits per heavy atom. The highest BCUT2D eigenvalue weighted by atomic mass is 32.2. The lowest BCUT2D eigenvalue weighted by atomic mass is 10.1. The van der Waals surface area contributed by atoms with Gasteiger partial charge in [-0.15, -0.1) is 0 Å².